The first-order valence-corrected chi connectivity index (χ1v) is 9.04. The molecule has 1 amide bonds. The van der Waals surface area contributed by atoms with Gasteiger partial charge in [0.2, 0.25) is 6.41 Å². The lowest BCUT2D eigenvalue weighted by Crippen LogP contribution is -2.33. The van der Waals surface area contributed by atoms with Gasteiger partial charge < -0.3 is 4.90 Å². The van der Waals surface area contributed by atoms with Gasteiger partial charge in [-0.05, 0) is 48.3 Å². The first kappa shape index (κ1) is 17.1. The van der Waals surface area contributed by atoms with Crippen molar-refractivity contribution in [2.24, 2.45) is 5.92 Å². The number of unbranched alkanes of at least 4 members (excludes halogenated alkanes) is 3. The lowest BCUT2D eigenvalue weighted by atomic mass is 9.86. The van der Waals surface area contributed by atoms with E-state index in [2.05, 4.69) is 39.0 Å². The molecule has 2 nitrogen and oxygen atoms in total. The third-order valence-corrected chi connectivity index (χ3v) is 4.99. The standard InChI is InChI=1S/C20H31NO/c1-4-6-7-8-9-17(5-2)18-10-11-20-19(13-18)12-16(3)14-21(20)15-22/h10-11,13,15-17H,4-9,12,14H2,1-3H3. The van der Waals surface area contributed by atoms with Crippen molar-refractivity contribution in [3.05, 3.63) is 29.3 Å². The second-order valence-electron chi connectivity index (χ2n) is 6.91. The fourth-order valence-electron chi connectivity index (χ4n) is 3.70. The molecule has 2 rings (SSSR count). The molecule has 1 aromatic carbocycles. The maximum absolute atomic E-state index is 11.3. The summed E-state index contributed by atoms with van der Waals surface area (Å²) in [4.78, 5) is 13.1. The Hall–Kier alpha value is -1.31. The molecule has 0 N–H and O–H groups in total. The minimum absolute atomic E-state index is 0.553. The zero-order valence-corrected chi connectivity index (χ0v) is 14.5. The first-order chi connectivity index (χ1) is 10.7. The van der Waals surface area contributed by atoms with Gasteiger partial charge in [-0.1, -0.05) is 58.6 Å². The normalized spacial score (nSPS) is 18.9. The van der Waals surface area contributed by atoms with E-state index in [0.29, 0.717) is 11.8 Å². The number of fused-ring (bicyclic) bond motifs is 1. The van der Waals surface area contributed by atoms with E-state index in [1.807, 2.05) is 4.90 Å². The van der Waals surface area contributed by atoms with Gasteiger partial charge in [-0.2, -0.15) is 0 Å². The van der Waals surface area contributed by atoms with Crippen molar-refractivity contribution in [2.45, 2.75) is 71.6 Å². The molecule has 0 spiro atoms. The van der Waals surface area contributed by atoms with Crippen LogP contribution in [-0.4, -0.2) is 13.0 Å². The van der Waals surface area contributed by atoms with Crippen LogP contribution in [0.2, 0.25) is 0 Å². The summed E-state index contributed by atoms with van der Waals surface area (Å²) in [6, 6.07) is 6.79. The van der Waals surface area contributed by atoms with E-state index in [0.717, 1.165) is 25.1 Å². The quantitative estimate of drug-likeness (QED) is 0.471. The van der Waals surface area contributed by atoms with Gasteiger partial charge in [0.25, 0.3) is 0 Å². The molecule has 2 atom stereocenters. The summed E-state index contributed by atoms with van der Waals surface area (Å²) in [6.07, 6.45) is 9.92. The second-order valence-corrected chi connectivity index (χ2v) is 6.91. The van der Waals surface area contributed by atoms with Gasteiger partial charge in [-0.25, -0.2) is 0 Å². The molecule has 1 heterocycles. The maximum Gasteiger partial charge on any atom is 0.214 e. The highest BCUT2D eigenvalue weighted by atomic mass is 16.1. The number of carbonyl (C=O) groups is 1. The number of benzene rings is 1. The van der Waals surface area contributed by atoms with Crippen LogP contribution in [0.5, 0.6) is 0 Å². The molecule has 0 radical (unpaired) electrons. The highest BCUT2D eigenvalue weighted by Gasteiger charge is 2.22. The van der Waals surface area contributed by atoms with Crippen molar-refractivity contribution in [2.75, 3.05) is 11.4 Å². The van der Waals surface area contributed by atoms with Crippen molar-refractivity contribution >= 4 is 12.1 Å². The minimum Gasteiger partial charge on any atom is -0.314 e. The van der Waals surface area contributed by atoms with Crippen LogP contribution in [0, 0.1) is 5.92 Å². The molecule has 0 aromatic heterocycles. The summed E-state index contributed by atoms with van der Waals surface area (Å²) in [5.74, 6) is 1.22. The number of amides is 1. The van der Waals surface area contributed by atoms with Crippen LogP contribution in [0.15, 0.2) is 18.2 Å². The van der Waals surface area contributed by atoms with E-state index < -0.39 is 0 Å². The molecule has 1 aliphatic heterocycles. The Bertz CT molecular complexity index is 483. The van der Waals surface area contributed by atoms with Crippen LogP contribution >= 0.6 is 0 Å². The molecular weight excluding hydrogens is 270 g/mol. The molecule has 0 bridgehead atoms. The van der Waals surface area contributed by atoms with E-state index in [1.54, 1.807) is 0 Å². The highest BCUT2D eigenvalue weighted by Crippen LogP contribution is 2.34. The average Bonchev–Trinajstić information content (AvgIpc) is 2.53. The Kier molecular flexibility index (Phi) is 6.48. The molecule has 1 aliphatic rings. The van der Waals surface area contributed by atoms with E-state index >= 15 is 0 Å². The largest absolute Gasteiger partial charge is 0.314 e. The Morgan fingerprint density at radius 1 is 1.27 bits per heavy atom. The van der Waals surface area contributed by atoms with Crippen LogP contribution < -0.4 is 4.90 Å². The van der Waals surface area contributed by atoms with E-state index in [-0.39, 0.29) is 0 Å². The third-order valence-electron chi connectivity index (χ3n) is 4.99. The van der Waals surface area contributed by atoms with Gasteiger partial charge in [-0.15, -0.1) is 0 Å². The zero-order chi connectivity index (χ0) is 15.9. The Morgan fingerprint density at radius 2 is 2.09 bits per heavy atom. The lowest BCUT2D eigenvalue weighted by Gasteiger charge is -2.31. The van der Waals surface area contributed by atoms with Gasteiger partial charge in [0, 0.05) is 12.2 Å². The smallest absolute Gasteiger partial charge is 0.214 e. The van der Waals surface area contributed by atoms with Crippen molar-refractivity contribution in [1.82, 2.24) is 0 Å². The van der Waals surface area contributed by atoms with Crippen LogP contribution in [0.3, 0.4) is 0 Å². The molecule has 2 unspecified atom stereocenters. The summed E-state index contributed by atoms with van der Waals surface area (Å²) < 4.78 is 0. The first-order valence-electron chi connectivity index (χ1n) is 9.04. The Labute approximate surface area is 135 Å². The maximum atomic E-state index is 11.3. The van der Waals surface area contributed by atoms with Gasteiger partial charge in [0.05, 0.1) is 0 Å². The topological polar surface area (TPSA) is 20.3 Å². The van der Waals surface area contributed by atoms with E-state index in [4.69, 9.17) is 0 Å². The fourth-order valence-corrected chi connectivity index (χ4v) is 3.70. The predicted octanol–water partition coefficient (Wildman–Crippen LogP) is 5.31. The number of hydrogen-bond donors (Lipinski definition) is 0. The van der Waals surface area contributed by atoms with Crippen LogP contribution in [0.25, 0.3) is 0 Å². The van der Waals surface area contributed by atoms with Crippen molar-refractivity contribution < 1.29 is 4.79 Å². The van der Waals surface area contributed by atoms with E-state index in [9.17, 15) is 4.79 Å². The van der Waals surface area contributed by atoms with E-state index in [1.165, 1.54) is 49.7 Å². The third kappa shape index (κ3) is 4.12. The molecular formula is C20H31NO. The summed E-state index contributed by atoms with van der Waals surface area (Å²) in [7, 11) is 0. The van der Waals surface area contributed by atoms with Gasteiger partial charge in [0.1, 0.15) is 0 Å². The number of nitrogens with zero attached hydrogens (tertiary/aromatic N) is 1. The Morgan fingerprint density at radius 3 is 2.77 bits per heavy atom. The number of rotatable bonds is 8. The second kappa shape index (κ2) is 8.36. The molecule has 22 heavy (non-hydrogen) atoms. The summed E-state index contributed by atoms with van der Waals surface area (Å²) in [5.41, 5.74) is 3.95. The van der Waals surface area contributed by atoms with Gasteiger partial charge >= 0.3 is 0 Å². The van der Waals surface area contributed by atoms with Crippen molar-refractivity contribution in [3.63, 3.8) is 0 Å². The Balaban J connectivity index is 2.11. The molecule has 1 aromatic rings. The number of anilines is 1. The lowest BCUT2D eigenvalue weighted by molar-refractivity contribution is -0.107. The average molecular weight is 301 g/mol. The van der Waals surface area contributed by atoms with Crippen LogP contribution in [0.1, 0.15) is 76.3 Å². The molecule has 0 fully saturated rings. The molecule has 0 saturated carbocycles. The summed E-state index contributed by atoms with van der Waals surface area (Å²) in [5, 5.41) is 0. The van der Waals surface area contributed by atoms with Crippen molar-refractivity contribution in [1.29, 1.82) is 0 Å². The number of hydrogen-bond acceptors (Lipinski definition) is 1. The van der Waals surface area contributed by atoms with Crippen LogP contribution in [0.4, 0.5) is 5.69 Å². The van der Waals surface area contributed by atoms with Crippen molar-refractivity contribution in [3.8, 4) is 0 Å². The molecule has 122 valence electrons. The SMILES string of the molecule is CCCCCCC(CC)c1ccc2c(c1)CC(C)CN2C=O. The van der Waals surface area contributed by atoms with Crippen LogP contribution in [-0.2, 0) is 11.2 Å². The minimum atomic E-state index is 0.553. The number of carbonyl (C=O) groups excluding carboxylic acids is 1. The van der Waals surface area contributed by atoms with Gasteiger partial charge in [0.15, 0.2) is 0 Å². The molecule has 0 saturated heterocycles. The fraction of sp³-hybridized carbons (Fsp3) is 0.650. The molecule has 2 heteroatoms. The molecule has 0 aliphatic carbocycles. The monoisotopic (exact) mass is 301 g/mol. The summed E-state index contributed by atoms with van der Waals surface area (Å²) in [6.45, 7) is 7.64. The summed E-state index contributed by atoms with van der Waals surface area (Å²) >= 11 is 0. The zero-order valence-electron chi connectivity index (χ0n) is 14.5. The highest BCUT2D eigenvalue weighted by molar-refractivity contribution is 5.78. The van der Waals surface area contributed by atoms with Gasteiger partial charge in [-0.3, -0.25) is 4.79 Å². The predicted molar refractivity (Wildman–Crippen MR) is 94.5 cm³/mol.